The van der Waals surface area contributed by atoms with Gasteiger partial charge in [0.05, 0.1) is 38.7 Å². The summed E-state index contributed by atoms with van der Waals surface area (Å²) in [4.78, 5) is 41.3. The fourth-order valence-corrected chi connectivity index (χ4v) is 5.72. The number of benzene rings is 2. The number of pyridine rings is 2. The number of carbonyl (C=O) groups is 2. The molecule has 4 heterocycles. The van der Waals surface area contributed by atoms with Gasteiger partial charge in [0.15, 0.2) is 0 Å². The van der Waals surface area contributed by atoms with Crippen LogP contribution in [0.15, 0.2) is 97.3 Å². The standard InChI is InChI=1S/2C18H22N4O2/c2*1-24-16-7-3-2-6-15(16)22-12-10-21(11-13-22)14-18(23)20-17-8-4-5-9-19-17/h2*2-9H,10-14H2,1H3,(H,19,20,23). The highest BCUT2D eigenvalue weighted by atomic mass is 16.5. The summed E-state index contributed by atoms with van der Waals surface area (Å²) in [5.41, 5.74) is 2.22. The van der Waals surface area contributed by atoms with E-state index >= 15 is 0 Å². The van der Waals surface area contributed by atoms with Crippen LogP contribution in [0, 0.1) is 0 Å². The molecule has 2 aromatic carbocycles. The molecule has 2 aliphatic heterocycles. The molecule has 2 N–H and O–H groups in total. The summed E-state index contributed by atoms with van der Waals surface area (Å²) in [5.74, 6) is 2.90. The van der Waals surface area contributed by atoms with Gasteiger partial charge in [-0.3, -0.25) is 19.4 Å². The first kappa shape index (κ1) is 34.1. The number of aromatic nitrogens is 2. The van der Waals surface area contributed by atoms with Crippen LogP contribution in [0.3, 0.4) is 0 Å². The molecule has 2 amide bonds. The summed E-state index contributed by atoms with van der Waals surface area (Å²) in [6, 6.07) is 27.0. The van der Waals surface area contributed by atoms with Crippen LogP contribution in [-0.2, 0) is 9.59 Å². The lowest BCUT2D eigenvalue weighted by molar-refractivity contribution is -0.118. The minimum atomic E-state index is -0.0283. The number of amides is 2. The maximum absolute atomic E-state index is 12.1. The lowest BCUT2D eigenvalue weighted by atomic mass is 10.2. The quantitative estimate of drug-likeness (QED) is 0.263. The van der Waals surface area contributed by atoms with Crippen LogP contribution in [-0.4, -0.2) is 111 Å². The van der Waals surface area contributed by atoms with E-state index in [0.29, 0.717) is 24.7 Å². The lowest BCUT2D eigenvalue weighted by Crippen LogP contribution is -2.48. The van der Waals surface area contributed by atoms with Crippen LogP contribution >= 0.6 is 0 Å². The summed E-state index contributed by atoms with van der Waals surface area (Å²) >= 11 is 0. The molecule has 12 nitrogen and oxygen atoms in total. The molecule has 0 spiro atoms. The van der Waals surface area contributed by atoms with Gasteiger partial charge in [-0.25, -0.2) is 9.97 Å². The fourth-order valence-electron chi connectivity index (χ4n) is 5.72. The van der Waals surface area contributed by atoms with Gasteiger partial charge in [0.1, 0.15) is 23.1 Å². The van der Waals surface area contributed by atoms with Crippen LogP contribution in [0.2, 0.25) is 0 Å². The van der Waals surface area contributed by atoms with Crippen molar-refractivity contribution in [2.75, 3.05) is 100 Å². The molecule has 2 aliphatic rings. The van der Waals surface area contributed by atoms with E-state index in [2.05, 4.69) is 52.3 Å². The summed E-state index contributed by atoms with van der Waals surface area (Å²) in [6.45, 7) is 7.62. The molecule has 0 saturated carbocycles. The molecule has 0 aliphatic carbocycles. The Balaban J connectivity index is 0.000000188. The van der Waals surface area contributed by atoms with Gasteiger partial charge in [0, 0.05) is 64.8 Å². The van der Waals surface area contributed by atoms with Gasteiger partial charge < -0.3 is 29.9 Å². The number of hydrogen-bond acceptors (Lipinski definition) is 10. The molecule has 48 heavy (non-hydrogen) atoms. The number of piperazine rings is 2. The minimum Gasteiger partial charge on any atom is -0.495 e. The number of rotatable bonds is 10. The van der Waals surface area contributed by atoms with Crippen molar-refractivity contribution >= 4 is 34.8 Å². The number of para-hydroxylation sites is 4. The number of nitrogens with one attached hydrogen (secondary N) is 2. The molecular formula is C36H44N8O4. The Kier molecular flexibility index (Phi) is 12.5. The molecule has 0 unspecified atom stereocenters. The van der Waals surface area contributed by atoms with Crippen LogP contribution in [0.1, 0.15) is 0 Å². The predicted octanol–water partition coefficient (Wildman–Crippen LogP) is 3.70. The van der Waals surface area contributed by atoms with E-state index in [1.54, 1.807) is 38.7 Å². The molecule has 4 aromatic rings. The molecule has 2 saturated heterocycles. The first-order valence-corrected chi connectivity index (χ1v) is 16.1. The largest absolute Gasteiger partial charge is 0.495 e. The Labute approximate surface area is 282 Å². The van der Waals surface area contributed by atoms with E-state index in [4.69, 9.17) is 9.47 Å². The second-order valence-electron chi connectivity index (χ2n) is 11.4. The zero-order valence-electron chi connectivity index (χ0n) is 27.6. The average Bonchev–Trinajstić information content (AvgIpc) is 3.13. The Morgan fingerprint density at radius 1 is 0.562 bits per heavy atom. The maximum Gasteiger partial charge on any atom is 0.239 e. The summed E-state index contributed by atoms with van der Waals surface area (Å²) < 4.78 is 10.9. The van der Waals surface area contributed by atoms with Crippen molar-refractivity contribution in [2.24, 2.45) is 0 Å². The number of anilines is 4. The van der Waals surface area contributed by atoms with Crippen molar-refractivity contribution in [1.82, 2.24) is 19.8 Å². The van der Waals surface area contributed by atoms with Gasteiger partial charge in [-0.05, 0) is 48.5 Å². The van der Waals surface area contributed by atoms with Crippen molar-refractivity contribution in [3.8, 4) is 11.5 Å². The molecule has 2 fully saturated rings. The number of hydrogen-bond donors (Lipinski definition) is 2. The van der Waals surface area contributed by atoms with Gasteiger partial charge >= 0.3 is 0 Å². The molecule has 0 bridgehead atoms. The molecular weight excluding hydrogens is 608 g/mol. The lowest BCUT2D eigenvalue weighted by Gasteiger charge is -2.36. The topological polar surface area (TPSA) is 115 Å². The van der Waals surface area contributed by atoms with E-state index < -0.39 is 0 Å². The van der Waals surface area contributed by atoms with Crippen LogP contribution < -0.4 is 29.9 Å². The number of carbonyl (C=O) groups excluding carboxylic acids is 2. The van der Waals surface area contributed by atoms with Crippen LogP contribution in [0.25, 0.3) is 0 Å². The average molecular weight is 653 g/mol. The van der Waals surface area contributed by atoms with E-state index in [1.807, 2.05) is 60.7 Å². The third-order valence-electron chi connectivity index (χ3n) is 8.20. The first-order chi connectivity index (χ1) is 23.5. The third kappa shape index (κ3) is 9.90. The van der Waals surface area contributed by atoms with E-state index in [1.165, 1.54) is 0 Å². The van der Waals surface area contributed by atoms with Crippen LogP contribution in [0.5, 0.6) is 11.5 Å². The smallest absolute Gasteiger partial charge is 0.239 e. The van der Waals surface area contributed by atoms with E-state index in [0.717, 1.165) is 75.2 Å². The molecule has 0 atom stereocenters. The highest BCUT2D eigenvalue weighted by Crippen LogP contribution is 2.29. The zero-order chi connectivity index (χ0) is 33.6. The zero-order valence-corrected chi connectivity index (χ0v) is 27.6. The second kappa shape index (κ2) is 17.6. The highest BCUT2D eigenvalue weighted by molar-refractivity contribution is 5.91. The van der Waals surface area contributed by atoms with Gasteiger partial charge in [0.2, 0.25) is 11.8 Å². The Morgan fingerprint density at radius 2 is 0.938 bits per heavy atom. The van der Waals surface area contributed by atoms with Gasteiger partial charge in [0.25, 0.3) is 0 Å². The van der Waals surface area contributed by atoms with E-state index in [9.17, 15) is 9.59 Å². The van der Waals surface area contributed by atoms with E-state index in [-0.39, 0.29) is 11.8 Å². The first-order valence-electron chi connectivity index (χ1n) is 16.1. The number of ether oxygens (including phenoxy) is 2. The van der Waals surface area contributed by atoms with Crippen molar-refractivity contribution in [3.05, 3.63) is 97.3 Å². The van der Waals surface area contributed by atoms with Crippen molar-refractivity contribution in [3.63, 3.8) is 0 Å². The van der Waals surface area contributed by atoms with Crippen LogP contribution in [0.4, 0.5) is 23.0 Å². The molecule has 12 heteroatoms. The molecule has 252 valence electrons. The third-order valence-corrected chi connectivity index (χ3v) is 8.20. The monoisotopic (exact) mass is 652 g/mol. The number of nitrogens with zero attached hydrogens (tertiary/aromatic N) is 6. The highest BCUT2D eigenvalue weighted by Gasteiger charge is 2.22. The Morgan fingerprint density at radius 3 is 1.29 bits per heavy atom. The predicted molar refractivity (Wildman–Crippen MR) is 189 cm³/mol. The van der Waals surface area contributed by atoms with Crippen molar-refractivity contribution in [2.45, 2.75) is 0 Å². The Hall–Kier alpha value is -5.20. The minimum absolute atomic E-state index is 0.0283. The normalized spacial score (nSPS) is 15.1. The maximum atomic E-state index is 12.1. The second-order valence-corrected chi connectivity index (χ2v) is 11.4. The fraction of sp³-hybridized carbons (Fsp3) is 0.333. The summed E-state index contributed by atoms with van der Waals surface area (Å²) in [6.07, 6.45) is 3.34. The summed E-state index contributed by atoms with van der Waals surface area (Å²) in [5, 5.41) is 5.65. The number of methoxy groups -OCH3 is 2. The van der Waals surface area contributed by atoms with Gasteiger partial charge in [-0.2, -0.15) is 0 Å². The van der Waals surface area contributed by atoms with Crippen molar-refractivity contribution < 1.29 is 19.1 Å². The molecule has 6 rings (SSSR count). The van der Waals surface area contributed by atoms with Gasteiger partial charge in [-0.1, -0.05) is 36.4 Å². The van der Waals surface area contributed by atoms with Crippen molar-refractivity contribution in [1.29, 1.82) is 0 Å². The summed E-state index contributed by atoms with van der Waals surface area (Å²) in [7, 11) is 3.38. The SMILES string of the molecule is COc1ccccc1N1CCN(CC(=O)Nc2ccccn2)CC1.COc1ccccc1N1CCN(CC(=O)Nc2ccccn2)CC1. The molecule has 2 aromatic heterocycles. The Bertz CT molecular complexity index is 1460. The van der Waals surface area contributed by atoms with Gasteiger partial charge in [-0.15, -0.1) is 0 Å². The molecule has 0 radical (unpaired) electrons.